The number of aliphatic imine (C=N–C) groups is 1. The number of aliphatic carboxylic acids is 1. The van der Waals surface area contributed by atoms with Crippen molar-refractivity contribution in [3.63, 3.8) is 0 Å². The number of thioether (sulfide) groups is 1. The van der Waals surface area contributed by atoms with E-state index < -0.39 is 46.5 Å². The fraction of sp³-hybridized carbons (Fsp3) is 0.632. The first-order valence-corrected chi connectivity index (χ1v) is 13.2. The van der Waals surface area contributed by atoms with Crippen LogP contribution in [0.25, 0.3) is 0 Å². The number of rotatable bonds is 8. The van der Waals surface area contributed by atoms with Crippen LogP contribution in [0.3, 0.4) is 0 Å². The van der Waals surface area contributed by atoms with Gasteiger partial charge >= 0.3 is 41.6 Å². The van der Waals surface area contributed by atoms with Crippen LogP contribution in [0.5, 0.6) is 0 Å². The molecule has 0 saturated carbocycles. The number of piperidine rings is 1. The molecule has 0 aliphatic carbocycles. The Morgan fingerprint density at radius 2 is 2.11 bits per heavy atom. The molecule has 0 spiro atoms. The standard InChI is InChI=1S/C12H17N3O4S.C7H9N3O5S.Na/c1-6(16)9-7-4-8(20-3-2-14-5-13)10(12(18)19)15(7)11(9)17;8-3-5-1-2-6-4-9(5)7(11)10(6)15-16(12,13)14;/h5-7,9,16H,2-4H2,1H3,(H2,13,14)(H,18,19);5-6H,1-2,4H2,(H,12,13,14);/q;;+1/p-1/t6-,7-,9-;5-,6+;/m10./s1. The maximum absolute atomic E-state index is 11.9. The number of carbonyl (C=O) groups is 3. The molecule has 0 aromatic carbocycles. The van der Waals surface area contributed by atoms with E-state index in [1.807, 2.05) is 6.07 Å². The van der Waals surface area contributed by atoms with E-state index in [4.69, 9.17) is 11.0 Å². The quantitative estimate of drug-likeness (QED) is 0.0481. The van der Waals surface area contributed by atoms with Crippen LogP contribution in [0.1, 0.15) is 26.2 Å². The first-order valence-electron chi connectivity index (χ1n) is 10.9. The van der Waals surface area contributed by atoms with Crippen LogP contribution in [0.15, 0.2) is 15.6 Å². The zero-order chi connectivity index (χ0) is 26.8. The fourth-order valence-electron chi connectivity index (χ4n) is 4.62. The molecule has 4 aliphatic rings. The zero-order valence-corrected chi connectivity index (χ0v) is 23.7. The predicted octanol–water partition coefficient (Wildman–Crippen LogP) is -4.21. The summed E-state index contributed by atoms with van der Waals surface area (Å²) in [7, 11) is -4.96. The van der Waals surface area contributed by atoms with Crippen molar-refractivity contribution in [1.82, 2.24) is 14.9 Å². The first kappa shape index (κ1) is 31.3. The summed E-state index contributed by atoms with van der Waals surface area (Å²) >= 11 is 1.38. The molecule has 198 valence electrons. The molecular weight excluding hydrogens is 543 g/mol. The molecule has 3 saturated heterocycles. The Morgan fingerprint density at radius 1 is 1.43 bits per heavy atom. The third-order valence-electron chi connectivity index (χ3n) is 6.14. The third kappa shape index (κ3) is 6.75. The monoisotopic (exact) mass is 568 g/mol. The molecule has 18 heteroatoms. The predicted molar refractivity (Wildman–Crippen MR) is 122 cm³/mol. The number of hydrogen-bond acceptors (Lipinski definition) is 11. The summed E-state index contributed by atoms with van der Waals surface area (Å²) in [4.78, 5) is 41.9. The SMILES string of the molecule is C[C@@H](O)[C@H]1C(=O)N2C(C(=O)O)=C(SCCN=CN)C[C@H]12.N#C[C@@H]1CC[C@@H]2CN1C(=O)N2OS(=O)(=O)[O-].[Na+]. The minimum absolute atomic E-state index is 0. The topological polar surface area (TPSA) is 230 Å². The maximum Gasteiger partial charge on any atom is 1.00 e. The van der Waals surface area contributed by atoms with Gasteiger partial charge in [0.2, 0.25) is 16.3 Å². The molecule has 0 aromatic rings. The second-order valence-corrected chi connectivity index (χ2v) is 10.5. The van der Waals surface area contributed by atoms with Gasteiger partial charge in [-0.05, 0) is 19.8 Å². The summed E-state index contributed by atoms with van der Waals surface area (Å²) in [5.74, 6) is -1.30. The molecule has 4 N–H and O–H groups in total. The van der Waals surface area contributed by atoms with Crippen molar-refractivity contribution in [1.29, 1.82) is 5.26 Å². The zero-order valence-electron chi connectivity index (χ0n) is 20.1. The second kappa shape index (κ2) is 12.8. The van der Waals surface area contributed by atoms with Crippen LogP contribution in [0.4, 0.5) is 4.79 Å². The number of urea groups is 1. The molecule has 37 heavy (non-hydrogen) atoms. The van der Waals surface area contributed by atoms with Crippen molar-refractivity contribution in [2.75, 3.05) is 18.8 Å². The van der Waals surface area contributed by atoms with Crippen LogP contribution in [0.2, 0.25) is 0 Å². The number of nitrogens with two attached hydrogens (primary N) is 1. The van der Waals surface area contributed by atoms with Crippen LogP contribution in [-0.2, 0) is 24.3 Å². The number of hydrogen-bond donors (Lipinski definition) is 3. The number of carbonyl (C=O) groups excluding carboxylic acids is 2. The Bertz CT molecular complexity index is 1130. The molecule has 4 heterocycles. The van der Waals surface area contributed by atoms with Gasteiger partial charge in [-0.3, -0.25) is 9.79 Å². The molecule has 0 unspecified atom stereocenters. The van der Waals surface area contributed by atoms with Gasteiger partial charge in [0, 0.05) is 23.6 Å². The molecule has 4 rings (SSSR count). The number of carboxylic acids is 1. The summed E-state index contributed by atoms with van der Waals surface area (Å²) in [6.07, 6.45) is 1.83. The van der Waals surface area contributed by atoms with Gasteiger partial charge in [0.15, 0.2) is 0 Å². The number of nitrogens with zero attached hydrogens (tertiary/aromatic N) is 5. The Morgan fingerprint density at radius 3 is 2.65 bits per heavy atom. The first-order chi connectivity index (χ1) is 16.9. The number of carboxylic acid groups (broad SMARTS) is 1. The summed E-state index contributed by atoms with van der Waals surface area (Å²) in [6, 6.07) is -0.0777. The van der Waals surface area contributed by atoms with Crippen molar-refractivity contribution in [2.45, 2.75) is 50.4 Å². The summed E-state index contributed by atoms with van der Waals surface area (Å²) in [6.45, 7) is 2.27. The van der Waals surface area contributed by atoms with E-state index in [0.717, 1.165) is 0 Å². The third-order valence-corrected chi connectivity index (χ3v) is 7.57. The van der Waals surface area contributed by atoms with E-state index in [2.05, 4.69) is 9.28 Å². The molecule has 15 nitrogen and oxygen atoms in total. The number of hydroxylamine groups is 2. The summed E-state index contributed by atoms with van der Waals surface area (Å²) in [5.41, 5.74) is 5.19. The molecule has 0 radical (unpaired) electrons. The molecule has 4 aliphatic heterocycles. The maximum atomic E-state index is 11.9. The number of nitriles is 1. The second-order valence-electron chi connectivity index (χ2n) is 8.35. The minimum atomic E-state index is -4.96. The van der Waals surface area contributed by atoms with Crippen LogP contribution >= 0.6 is 11.8 Å². The number of amides is 3. The Balaban J connectivity index is 0.000000259. The van der Waals surface area contributed by atoms with Crippen LogP contribution in [0, 0.1) is 17.2 Å². The van der Waals surface area contributed by atoms with Crippen molar-refractivity contribution >= 4 is 46.4 Å². The molecule has 0 aromatic heterocycles. The van der Waals surface area contributed by atoms with E-state index in [1.54, 1.807) is 6.92 Å². The minimum Gasteiger partial charge on any atom is -0.724 e. The van der Waals surface area contributed by atoms with Gasteiger partial charge in [-0.1, -0.05) is 0 Å². The van der Waals surface area contributed by atoms with Gasteiger partial charge in [-0.2, -0.15) is 14.6 Å². The Hall–Kier alpha value is -1.91. The van der Waals surface area contributed by atoms with E-state index >= 15 is 0 Å². The van der Waals surface area contributed by atoms with Gasteiger partial charge < -0.3 is 30.3 Å². The largest absolute Gasteiger partial charge is 1.00 e. The Labute approximate surface area is 239 Å². The number of aliphatic hydroxyl groups is 1. The molecule has 2 bridgehead atoms. The van der Waals surface area contributed by atoms with E-state index in [-0.39, 0.29) is 53.7 Å². The van der Waals surface area contributed by atoms with Crippen LogP contribution in [-0.4, -0.2) is 105 Å². The van der Waals surface area contributed by atoms with E-state index in [9.17, 15) is 37.6 Å². The van der Waals surface area contributed by atoms with Gasteiger partial charge in [-0.25, -0.2) is 18.0 Å². The molecular formula is C19H25N6NaO9S2. The average Bonchev–Trinajstić information content (AvgIpc) is 3.24. The summed E-state index contributed by atoms with van der Waals surface area (Å²) < 4.78 is 35.3. The van der Waals surface area contributed by atoms with Crippen LogP contribution < -0.4 is 35.3 Å². The van der Waals surface area contributed by atoms with Crippen molar-refractivity contribution in [2.24, 2.45) is 16.6 Å². The van der Waals surface area contributed by atoms with Crippen molar-refractivity contribution in [3.05, 3.63) is 10.6 Å². The molecule has 3 amide bonds. The summed E-state index contributed by atoms with van der Waals surface area (Å²) in [5, 5.41) is 28.2. The average molecular weight is 569 g/mol. The number of fused-ring (bicyclic) bond motifs is 3. The van der Waals surface area contributed by atoms with Gasteiger partial charge in [0.25, 0.3) is 0 Å². The van der Waals surface area contributed by atoms with Crippen molar-refractivity contribution in [3.8, 4) is 6.07 Å². The van der Waals surface area contributed by atoms with E-state index in [1.165, 1.54) is 27.9 Å². The molecule has 5 atom stereocenters. The van der Waals surface area contributed by atoms with Crippen molar-refractivity contribution < 1.29 is 71.4 Å². The smallest absolute Gasteiger partial charge is 0.724 e. The normalized spacial score (nSPS) is 27.2. The van der Waals surface area contributed by atoms with Gasteiger partial charge in [-0.15, -0.1) is 11.8 Å². The van der Waals surface area contributed by atoms with E-state index in [0.29, 0.717) is 41.5 Å². The number of β-lactam (4-membered cyclic amide) rings is 1. The Kier molecular flexibility index (Phi) is 10.8. The van der Waals surface area contributed by atoms with Gasteiger partial charge in [0.1, 0.15) is 11.7 Å². The molecule has 3 fully saturated rings. The fourth-order valence-corrected chi connectivity index (χ4v) is 6.05. The van der Waals surface area contributed by atoms with Gasteiger partial charge in [0.05, 0.1) is 43.1 Å². The number of aliphatic hydroxyl groups excluding tert-OH is 1.